The summed E-state index contributed by atoms with van der Waals surface area (Å²) >= 11 is 0. The Bertz CT molecular complexity index is 611. The van der Waals surface area contributed by atoms with Gasteiger partial charge < -0.3 is 0 Å². The third-order valence-corrected chi connectivity index (χ3v) is 3.63. The Labute approximate surface area is 99.7 Å². The van der Waals surface area contributed by atoms with E-state index in [1.807, 2.05) is 0 Å². The highest BCUT2D eigenvalue weighted by Gasteiger charge is 2.21. The molecule has 0 saturated carbocycles. The molecule has 2 heterocycles. The molecule has 0 bridgehead atoms. The molecule has 0 saturated heterocycles. The van der Waals surface area contributed by atoms with Gasteiger partial charge in [0.15, 0.2) is 10.1 Å². The van der Waals surface area contributed by atoms with E-state index >= 15 is 0 Å². The van der Waals surface area contributed by atoms with E-state index in [0.29, 0.717) is 0 Å². The highest BCUT2D eigenvalue weighted by molar-refractivity contribution is 8.06. The molecule has 0 unspecified atom stereocenters. The van der Waals surface area contributed by atoms with Gasteiger partial charge in [0.1, 0.15) is 0 Å². The smallest absolute Gasteiger partial charge is 0.241 e. The Morgan fingerprint density at radius 2 is 1.82 bits per heavy atom. The fourth-order valence-corrected chi connectivity index (χ4v) is 2.38. The first-order valence-electron chi connectivity index (χ1n) is 4.95. The topological polar surface area (TPSA) is 59.4 Å². The van der Waals surface area contributed by atoms with Crippen LogP contribution in [0.15, 0.2) is 71.0 Å². The molecule has 0 radical (unpaired) electrons. The van der Waals surface area contributed by atoms with Crippen LogP contribution >= 0.6 is 0 Å². The minimum absolute atomic E-state index is 0.00125. The summed E-state index contributed by atoms with van der Waals surface area (Å²) in [5.74, 6) is 0. The van der Waals surface area contributed by atoms with Crippen LogP contribution in [0.25, 0.3) is 0 Å². The van der Waals surface area contributed by atoms with Crippen molar-refractivity contribution in [3.63, 3.8) is 0 Å². The monoisotopic (exact) mass is 246 g/mol. The van der Waals surface area contributed by atoms with Crippen LogP contribution in [-0.4, -0.2) is 18.4 Å². The Kier molecular flexibility index (Phi) is 3.30. The van der Waals surface area contributed by atoms with Gasteiger partial charge in [-0.1, -0.05) is 24.3 Å². The van der Waals surface area contributed by atoms with Crippen molar-refractivity contribution in [3.8, 4) is 0 Å². The van der Waals surface area contributed by atoms with Crippen molar-refractivity contribution in [2.24, 2.45) is 4.99 Å². The molecule has 0 amide bonds. The Balaban J connectivity index is 2.47. The molecule has 0 spiro atoms. The molecule has 2 rings (SSSR count). The minimum atomic E-state index is -3.63. The number of sulfone groups is 1. The van der Waals surface area contributed by atoms with Crippen LogP contribution in [0.3, 0.4) is 0 Å². The van der Waals surface area contributed by atoms with E-state index in [4.69, 9.17) is 0 Å². The van der Waals surface area contributed by atoms with Gasteiger partial charge in [0.05, 0.1) is 0 Å². The summed E-state index contributed by atoms with van der Waals surface area (Å²) in [5.41, 5.74) is 0. The Hall–Kier alpha value is -2.01. The first-order valence-corrected chi connectivity index (χ1v) is 6.43. The first-order chi connectivity index (χ1) is 8.21. The molecule has 4 nitrogen and oxygen atoms in total. The molecule has 5 heteroatoms. The normalized spacial score (nSPS) is 15.2. The SMILES string of the molecule is O=S(=O)(C1=NC=CC=CC=C1)c1ccccn1. The predicted molar refractivity (Wildman–Crippen MR) is 66.3 cm³/mol. The molecule has 0 aromatic carbocycles. The summed E-state index contributed by atoms with van der Waals surface area (Å²) in [6.07, 6.45) is 11.1. The van der Waals surface area contributed by atoms with E-state index in [1.54, 1.807) is 36.4 Å². The standard InChI is InChI=1S/C12H10N2O2S/c15-17(16,12-8-4-6-10-14-12)11-7-3-1-2-5-9-13-11/h1-10H. The zero-order valence-corrected chi connectivity index (χ0v) is 9.71. The van der Waals surface area contributed by atoms with Gasteiger partial charge in [-0.15, -0.1) is 0 Å². The summed E-state index contributed by atoms with van der Waals surface area (Å²) < 4.78 is 24.3. The maximum atomic E-state index is 12.1. The molecule has 0 fully saturated rings. The summed E-state index contributed by atoms with van der Waals surface area (Å²) in [5, 5.41) is -0.0156. The van der Waals surface area contributed by atoms with Crippen molar-refractivity contribution in [2.75, 3.05) is 0 Å². The Morgan fingerprint density at radius 1 is 1.00 bits per heavy atom. The third-order valence-electron chi connectivity index (χ3n) is 2.05. The minimum Gasteiger partial charge on any atom is -0.244 e. The summed E-state index contributed by atoms with van der Waals surface area (Å²) in [6.45, 7) is 0. The van der Waals surface area contributed by atoms with E-state index in [0.717, 1.165) is 0 Å². The van der Waals surface area contributed by atoms with Crippen LogP contribution in [-0.2, 0) is 9.84 Å². The van der Waals surface area contributed by atoms with Gasteiger partial charge in [-0.25, -0.2) is 18.4 Å². The van der Waals surface area contributed by atoms with E-state index < -0.39 is 9.84 Å². The quantitative estimate of drug-likeness (QED) is 0.760. The van der Waals surface area contributed by atoms with Crippen molar-refractivity contribution >= 4 is 14.9 Å². The summed E-state index contributed by atoms with van der Waals surface area (Å²) in [7, 11) is -3.63. The van der Waals surface area contributed by atoms with Crippen LogP contribution in [0, 0.1) is 0 Å². The maximum Gasteiger partial charge on any atom is 0.241 e. The number of rotatable bonds is 1. The summed E-state index contributed by atoms with van der Waals surface area (Å²) in [6, 6.07) is 4.74. The van der Waals surface area contributed by atoms with Gasteiger partial charge in [0.25, 0.3) is 0 Å². The van der Waals surface area contributed by atoms with Gasteiger partial charge in [0, 0.05) is 12.4 Å². The van der Waals surface area contributed by atoms with E-state index in [9.17, 15) is 8.42 Å². The van der Waals surface area contributed by atoms with Crippen molar-refractivity contribution in [1.82, 2.24) is 4.98 Å². The molecule has 17 heavy (non-hydrogen) atoms. The van der Waals surface area contributed by atoms with Crippen LogP contribution in [0.4, 0.5) is 0 Å². The van der Waals surface area contributed by atoms with Crippen LogP contribution in [0.1, 0.15) is 0 Å². The number of hydrogen-bond acceptors (Lipinski definition) is 4. The number of aromatic nitrogens is 1. The molecular formula is C12H10N2O2S. The molecule has 1 aromatic rings. The fourth-order valence-electron chi connectivity index (χ4n) is 1.25. The lowest BCUT2D eigenvalue weighted by molar-refractivity contribution is 0.604. The van der Waals surface area contributed by atoms with Gasteiger partial charge in [-0.05, 0) is 24.3 Å². The van der Waals surface area contributed by atoms with Crippen molar-refractivity contribution in [2.45, 2.75) is 5.03 Å². The Morgan fingerprint density at radius 3 is 2.59 bits per heavy atom. The van der Waals surface area contributed by atoms with Crippen LogP contribution < -0.4 is 0 Å². The lowest BCUT2D eigenvalue weighted by Crippen LogP contribution is -2.14. The van der Waals surface area contributed by atoms with Crippen molar-refractivity contribution < 1.29 is 8.42 Å². The second-order valence-electron chi connectivity index (χ2n) is 3.22. The molecule has 0 N–H and O–H groups in total. The molecule has 1 aromatic heterocycles. The highest BCUT2D eigenvalue weighted by atomic mass is 32.2. The lowest BCUT2D eigenvalue weighted by atomic mass is 10.4. The number of hydrogen-bond donors (Lipinski definition) is 0. The molecule has 0 aliphatic carbocycles. The second kappa shape index (κ2) is 4.88. The largest absolute Gasteiger partial charge is 0.244 e. The molecule has 0 atom stereocenters. The zero-order chi connectivity index (χ0) is 12.1. The zero-order valence-electron chi connectivity index (χ0n) is 8.89. The van der Waals surface area contributed by atoms with Crippen molar-refractivity contribution in [1.29, 1.82) is 0 Å². The van der Waals surface area contributed by atoms with Crippen LogP contribution in [0.5, 0.6) is 0 Å². The highest BCUT2D eigenvalue weighted by Crippen LogP contribution is 2.11. The molecule has 1 aliphatic rings. The first kappa shape index (κ1) is 11.5. The van der Waals surface area contributed by atoms with E-state index in [1.165, 1.54) is 24.5 Å². The molecule has 1 aliphatic heterocycles. The van der Waals surface area contributed by atoms with Gasteiger partial charge in [-0.2, -0.15) is 0 Å². The molecular weight excluding hydrogens is 236 g/mol. The predicted octanol–water partition coefficient (Wildman–Crippen LogP) is 1.89. The van der Waals surface area contributed by atoms with Gasteiger partial charge in [0.2, 0.25) is 9.84 Å². The second-order valence-corrected chi connectivity index (χ2v) is 5.07. The van der Waals surface area contributed by atoms with Gasteiger partial charge in [-0.3, -0.25) is 0 Å². The van der Waals surface area contributed by atoms with Crippen LogP contribution in [0.2, 0.25) is 0 Å². The number of pyridine rings is 1. The number of nitrogens with zero attached hydrogens (tertiary/aromatic N) is 2. The fraction of sp³-hybridized carbons (Fsp3) is 0. The maximum absolute atomic E-state index is 12.1. The number of aliphatic imine (C=N–C) groups is 1. The van der Waals surface area contributed by atoms with Crippen molar-refractivity contribution in [3.05, 3.63) is 61.0 Å². The number of allylic oxidation sites excluding steroid dienone is 4. The molecule has 86 valence electrons. The van der Waals surface area contributed by atoms with Gasteiger partial charge >= 0.3 is 0 Å². The average molecular weight is 246 g/mol. The van der Waals surface area contributed by atoms with E-state index in [-0.39, 0.29) is 10.1 Å². The lowest BCUT2D eigenvalue weighted by Gasteiger charge is -2.02. The summed E-state index contributed by atoms with van der Waals surface area (Å²) in [4.78, 5) is 7.74. The third kappa shape index (κ3) is 2.57. The average Bonchev–Trinajstić information content (AvgIpc) is 2.29. The van der Waals surface area contributed by atoms with E-state index in [2.05, 4.69) is 9.98 Å².